The molecule has 3 heterocycles. The highest BCUT2D eigenvalue weighted by Crippen LogP contribution is 2.34. The van der Waals surface area contributed by atoms with Gasteiger partial charge in [0.1, 0.15) is 17.8 Å². The van der Waals surface area contributed by atoms with Gasteiger partial charge in [-0.1, -0.05) is 12.1 Å². The smallest absolute Gasteiger partial charge is 0.272 e. The van der Waals surface area contributed by atoms with Crippen molar-refractivity contribution in [1.29, 1.82) is 0 Å². The lowest BCUT2D eigenvalue weighted by Crippen LogP contribution is -2.35. The first-order valence-corrected chi connectivity index (χ1v) is 13.5. The lowest BCUT2D eigenvalue weighted by atomic mass is 9.90. The zero-order valence-electron chi connectivity index (χ0n) is 17.2. The number of hydrogen-bond acceptors (Lipinski definition) is 8. The van der Waals surface area contributed by atoms with Crippen LogP contribution in [-0.2, 0) is 0 Å². The molecule has 1 N–H and O–H groups in total. The van der Waals surface area contributed by atoms with E-state index in [0.29, 0.717) is 5.92 Å². The van der Waals surface area contributed by atoms with Gasteiger partial charge in [0.15, 0.2) is 11.4 Å². The van der Waals surface area contributed by atoms with Crippen LogP contribution in [0.4, 0.5) is 17.2 Å². The summed E-state index contributed by atoms with van der Waals surface area (Å²) >= 11 is 2.25. The minimum absolute atomic E-state index is 0.0913. The number of methoxy groups -OCH3 is 1. The molecular weight excluding hydrogens is 541 g/mol. The molecule has 164 valence electrons. The zero-order valence-corrected chi connectivity index (χ0v) is 20.2. The fraction of sp³-hybridized carbons (Fsp3) is 0.273. The maximum Gasteiger partial charge on any atom is 0.272 e. The van der Waals surface area contributed by atoms with E-state index in [9.17, 15) is 9.59 Å². The molecule has 1 aliphatic heterocycles. The highest BCUT2D eigenvalue weighted by molar-refractivity contribution is 14.2. The Kier molecular flexibility index (Phi) is 5.80. The van der Waals surface area contributed by atoms with Crippen molar-refractivity contribution in [2.75, 3.05) is 30.4 Å². The highest BCUT2D eigenvalue weighted by Gasteiger charge is 2.25. The minimum atomic E-state index is -0.583. The topological polar surface area (TPSA) is 89.3 Å². The molecule has 0 bridgehead atoms. The van der Waals surface area contributed by atoms with Crippen molar-refractivity contribution in [2.45, 2.75) is 18.8 Å². The van der Waals surface area contributed by atoms with Crippen LogP contribution >= 0.6 is 30.3 Å². The number of rotatable bonds is 6. The average Bonchev–Trinajstić information content (AvgIpc) is 3.27. The van der Waals surface area contributed by atoms with E-state index in [4.69, 9.17) is 4.74 Å². The van der Waals surface area contributed by atoms with Crippen LogP contribution in [0.25, 0.3) is 11.0 Å². The second-order valence-corrected chi connectivity index (χ2v) is 9.46. The second kappa shape index (κ2) is 8.74. The van der Waals surface area contributed by atoms with Gasteiger partial charge in [-0.25, -0.2) is 9.97 Å². The molecule has 2 aromatic carbocycles. The molecule has 1 unspecified atom stereocenters. The summed E-state index contributed by atoms with van der Waals surface area (Å²) in [5, 5.41) is 4.12. The molecule has 0 aliphatic carbocycles. The fourth-order valence-corrected chi connectivity index (χ4v) is 5.63. The molecule has 0 spiro atoms. The molecule has 4 aromatic rings. The van der Waals surface area contributed by atoms with Crippen LogP contribution in [0.3, 0.4) is 0 Å². The van der Waals surface area contributed by atoms with Crippen molar-refractivity contribution in [3.63, 3.8) is 0 Å². The number of piperidine rings is 1. The second-order valence-electron chi connectivity index (χ2n) is 7.75. The Morgan fingerprint density at radius 3 is 2.91 bits per heavy atom. The Labute approximate surface area is 200 Å². The molecule has 1 saturated heterocycles. The summed E-state index contributed by atoms with van der Waals surface area (Å²) in [5.74, 6) is 1.38. The third kappa shape index (κ3) is 3.64. The van der Waals surface area contributed by atoms with Crippen LogP contribution < -0.4 is 25.8 Å². The maximum atomic E-state index is 11.9. The zero-order chi connectivity index (χ0) is 22.2. The van der Waals surface area contributed by atoms with Crippen LogP contribution in [0.5, 0.6) is 5.75 Å². The van der Waals surface area contributed by atoms with Crippen molar-refractivity contribution in [3.05, 3.63) is 68.9 Å². The number of benzene rings is 1. The molecule has 0 radical (unpaired) electrons. The minimum Gasteiger partial charge on any atom is -0.491 e. The molecule has 5 rings (SSSR count). The van der Waals surface area contributed by atoms with Crippen molar-refractivity contribution in [3.8, 4) is 5.75 Å². The summed E-state index contributed by atoms with van der Waals surface area (Å²) in [4.78, 5) is 34.9. The van der Waals surface area contributed by atoms with Gasteiger partial charge in [-0.2, -0.15) is 0 Å². The fourth-order valence-electron chi connectivity index (χ4n) is 4.36. The lowest BCUT2D eigenvalue weighted by molar-refractivity contribution is 0.408. The quantitative estimate of drug-likeness (QED) is 0.279. The molecular formula is C22H20IN5O3S. The van der Waals surface area contributed by atoms with Crippen LogP contribution in [-0.4, -0.2) is 34.1 Å². The van der Waals surface area contributed by atoms with Gasteiger partial charge in [0.05, 0.1) is 12.5 Å². The van der Waals surface area contributed by atoms with E-state index in [1.165, 1.54) is 12.7 Å². The number of anilines is 3. The summed E-state index contributed by atoms with van der Waals surface area (Å²) in [6.45, 7) is 1.80. The molecule has 8 nitrogen and oxygen atoms in total. The predicted molar refractivity (Wildman–Crippen MR) is 136 cm³/mol. The van der Waals surface area contributed by atoms with Crippen molar-refractivity contribution >= 4 is 58.6 Å². The number of hydrogen-bond donors (Lipinski definition) is 1. The van der Waals surface area contributed by atoms with Gasteiger partial charge >= 0.3 is 0 Å². The Morgan fingerprint density at radius 1 is 1.22 bits per heavy atom. The Hall–Kier alpha value is -2.60. The van der Waals surface area contributed by atoms with E-state index in [1.54, 1.807) is 15.4 Å². The molecule has 32 heavy (non-hydrogen) atoms. The first-order valence-electron chi connectivity index (χ1n) is 10.2. The van der Waals surface area contributed by atoms with Crippen LogP contribution in [0.15, 0.2) is 52.4 Å². The first kappa shape index (κ1) is 21.3. The number of ether oxygens (including phenoxy) is 1. The number of nitrogens with one attached hydrogen (secondary N) is 1. The largest absolute Gasteiger partial charge is 0.491 e. The summed E-state index contributed by atoms with van der Waals surface area (Å²) in [6, 6.07) is 10.1. The van der Waals surface area contributed by atoms with E-state index in [1.807, 2.05) is 28.4 Å². The standard InChI is InChI=1S/C22H20IN5O3S/c1-31-20-17(18(29)19(20)30)26-15-6-2-4-13(10-15)14-5-3-8-27(11-14)21-16-7-9-28(32-23)22(16)25-12-24-21/h2,4,6-7,9-10,12,14,26H,3,5,8,11H2,1H3. The van der Waals surface area contributed by atoms with E-state index in [-0.39, 0.29) is 11.4 Å². The van der Waals surface area contributed by atoms with Gasteiger partial charge in [0, 0.05) is 61.2 Å². The number of aromatic nitrogens is 3. The lowest BCUT2D eigenvalue weighted by Gasteiger charge is -2.34. The Bertz CT molecular complexity index is 1360. The Balaban J connectivity index is 1.39. The van der Waals surface area contributed by atoms with Gasteiger partial charge in [-0.3, -0.25) is 13.6 Å². The molecule has 0 amide bonds. The Morgan fingerprint density at radius 2 is 2.09 bits per heavy atom. The van der Waals surface area contributed by atoms with Crippen LogP contribution in [0.2, 0.25) is 0 Å². The molecule has 0 saturated carbocycles. The van der Waals surface area contributed by atoms with Crippen LogP contribution in [0, 0.1) is 0 Å². The summed E-state index contributed by atoms with van der Waals surface area (Å²) < 4.78 is 7.07. The normalized spacial score (nSPS) is 16.6. The summed E-state index contributed by atoms with van der Waals surface area (Å²) in [7, 11) is 2.98. The predicted octanol–water partition coefficient (Wildman–Crippen LogP) is 4.01. The SMILES string of the molecule is COc1c(Nc2cccc(C3CCCN(c4ncnc5c4ccn5SI)C3)c2)c(=O)c1=O. The van der Waals surface area contributed by atoms with Gasteiger partial charge in [0.2, 0.25) is 0 Å². The summed E-state index contributed by atoms with van der Waals surface area (Å²) in [6.07, 6.45) is 5.78. The molecule has 2 aromatic heterocycles. The van der Waals surface area contributed by atoms with Crippen LogP contribution in [0.1, 0.15) is 24.3 Å². The molecule has 10 heteroatoms. The first-order chi connectivity index (χ1) is 15.6. The van der Waals surface area contributed by atoms with E-state index in [0.717, 1.165) is 48.5 Å². The highest BCUT2D eigenvalue weighted by atomic mass is 127. The molecule has 1 aliphatic rings. The van der Waals surface area contributed by atoms with Gasteiger partial charge in [0.25, 0.3) is 10.9 Å². The number of nitrogens with zero attached hydrogens (tertiary/aromatic N) is 4. The number of fused-ring (bicyclic) bond motifs is 1. The summed E-state index contributed by atoms with van der Waals surface area (Å²) in [5.41, 5.74) is 1.97. The van der Waals surface area contributed by atoms with E-state index >= 15 is 0 Å². The van der Waals surface area contributed by atoms with Crippen molar-refractivity contribution in [1.82, 2.24) is 13.9 Å². The van der Waals surface area contributed by atoms with Crippen molar-refractivity contribution in [2.24, 2.45) is 0 Å². The molecule has 1 fully saturated rings. The van der Waals surface area contributed by atoms with Gasteiger partial charge in [-0.05, 0) is 36.6 Å². The molecule has 1 atom stereocenters. The monoisotopic (exact) mass is 561 g/mol. The van der Waals surface area contributed by atoms with E-state index in [2.05, 4.69) is 53.5 Å². The van der Waals surface area contributed by atoms with E-state index < -0.39 is 10.9 Å². The van der Waals surface area contributed by atoms with Crippen molar-refractivity contribution < 1.29 is 4.74 Å². The third-order valence-electron chi connectivity index (χ3n) is 5.92. The van der Waals surface area contributed by atoms with Gasteiger partial charge in [-0.15, -0.1) is 0 Å². The van der Waals surface area contributed by atoms with Gasteiger partial charge < -0.3 is 15.0 Å². The average molecular weight is 561 g/mol. The third-order valence-corrected chi connectivity index (χ3v) is 7.64. The maximum absolute atomic E-state index is 11.9. The number of halogens is 1.